The summed E-state index contributed by atoms with van der Waals surface area (Å²) in [7, 11) is -2.22. The van der Waals surface area contributed by atoms with Gasteiger partial charge in [-0.3, -0.25) is 13.9 Å². The summed E-state index contributed by atoms with van der Waals surface area (Å²) in [6, 6.07) is 14.9. The van der Waals surface area contributed by atoms with E-state index in [2.05, 4.69) is 17.4 Å². The number of hydrogen-bond acceptors (Lipinski definition) is 4. The smallest absolute Gasteiger partial charge is 0.244 e. The molecule has 4 fully saturated rings. The first-order valence-corrected chi connectivity index (χ1v) is 16.0. The highest BCUT2D eigenvalue weighted by Gasteiger charge is 2.51. The van der Waals surface area contributed by atoms with Crippen molar-refractivity contribution in [1.82, 2.24) is 10.2 Å². The fourth-order valence-corrected chi connectivity index (χ4v) is 8.59. The van der Waals surface area contributed by atoms with E-state index in [1.807, 2.05) is 43.3 Å². The molecule has 1 atom stereocenters. The van der Waals surface area contributed by atoms with Crippen molar-refractivity contribution in [1.29, 1.82) is 0 Å². The second-order valence-electron chi connectivity index (χ2n) is 12.3. The van der Waals surface area contributed by atoms with Gasteiger partial charge in [-0.05, 0) is 98.8 Å². The predicted molar refractivity (Wildman–Crippen MR) is 154 cm³/mol. The number of carbonyl (C=O) groups excluding carboxylic acids is 2. The predicted octanol–water partition coefficient (Wildman–Crippen LogP) is 4.39. The molecule has 8 heteroatoms. The van der Waals surface area contributed by atoms with Gasteiger partial charge >= 0.3 is 0 Å². The molecule has 4 bridgehead atoms. The van der Waals surface area contributed by atoms with E-state index < -0.39 is 22.0 Å². The van der Waals surface area contributed by atoms with Crippen LogP contribution in [0.25, 0.3) is 0 Å². The first-order chi connectivity index (χ1) is 18.5. The Morgan fingerprint density at radius 3 is 1.97 bits per heavy atom. The molecule has 2 amide bonds. The summed E-state index contributed by atoms with van der Waals surface area (Å²) < 4.78 is 27.0. The molecule has 1 N–H and O–H groups in total. The molecule has 0 radical (unpaired) electrons. The van der Waals surface area contributed by atoms with Crippen LogP contribution in [-0.2, 0) is 31.6 Å². The molecule has 4 aliphatic carbocycles. The largest absolute Gasteiger partial charge is 0.357 e. The molecular weight excluding hydrogens is 510 g/mol. The van der Waals surface area contributed by atoms with E-state index in [0.29, 0.717) is 5.69 Å². The number of carbonyl (C=O) groups is 2. The summed E-state index contributed by atoms with van der Waals surface area (Å²) in [5, 5.41) is 2.61. The van der Waals surface area contributed by atoms with Crippen LogP contribution in [0.5, 0.6) is 0 Å². The number of nitrogens with one attached hydrogen (secondary N) is 1. The molecule has 2 aromatic rings. The fraction of sp³-hybridized carbons (Fsp3) is 0.548. The lowest BCUT2D eigenvalue weighted by Gasteiger charge is -2.57. The van der Waals surface area contributed by atoms with Crippen molar-refractivity contribution in [2.45, 2.75) is 70.4 Å². The van der Waals surface area contributed by atoms with E-state index >= 15 is 0 Å². The Balaban J connectivity index is 1.38. The Kier molecular flexibility index (Phi) is 7.53. The molecule has 0 aliphatic heterocycles. The Hall–Kier alpha value is -2.87. The topological polar surface area (TPSA) is 86.8 Å². The average molecular weight is 552 g/mol. The summed E-state index contributed by atoms with van der Waals surface area (Å²) in [6.07, 6.45) is 8.94. The average Bonchev–Trinajstić information content (AvgIpc) is 2.89. The van der Waals surface area contributed by atoms with Gasteiger partial charge in [0.25, 0.3) is 0 Å². The van der Waals surface area contributed by atoms with Gasteiger partial charge in [-0.1, -0.05) is 42.0 Å². The lowest BCUT2D eigenvalue weighted by Crippen LogP contribution is -2.50. The number of nitrogens with zero attached hydrogens (tertiary/aromatic N) is 2. The van der Waals surface area contributed by atoms with Gasteiger partial charge in [0.05, 0.1) is 11.9 Å². The monoisotopic (exact) mass is 551 g/mol. The van der Waals surface area contributed by atoms with Crippen molar-refractivity contribution in [3.8, 4) is 0 Å². The first kappa shape index (κ1) is 27.7. The van der Waals surface area contributed by atoms with Crippen LogP contribution in [0.2, 0.25) is 0 Å². The van der Waals surface area contributed by atoms with Crippen molar-refractivity contribution < 1.29 is 18.0 Å². The van der Waals surface area contributed by atoms with Gasteiger partial charge in [-0.25, -0.2) is 8.42 Å². The maximum atomic E-state index is 13.6. The Morgan fingerprint density at radius 2 is 1.49 bits per heavy atom. The summed E-state index contributed by atoms with van der Waals surface area (Å²) >= 11 is 0. The number of amides is 2. The van der Waals surface area contributed by atoms with Gasteiger partial charge < -0.3 is 10.2 Å². The van der Waals surface area contributed by atoms with E-state index in [4.69, 9.17) is 0 Å². The number of anilines is 1. The molecular formula is C31H41N3O4S. The van der Waals surface area contributed by atoms with Crippen LogP contribution >= 0.6 is 0 Å². The van der Waals surface area contributed by atoms with Crippen molar-refractivity contribution >= 4 is 27.5 Å². The number of aryl methyl sites for hydroxylation is 1. The Morgan fingerprint density at radius 1 is 0.949 bits per heavy atom. The number of benzene rings is 2. The van der Waals surface area contributed by atoms with Gasteiger partial charge in [-0.15, -0.1) is 0 Å². The molecule has 0 spiro atoms. The van der Waals surface area contributed by atoms with Gasteiger partial charge in [0, 0.05) is 13.6 Å². The second kappa shape index (κ2) is 10.6. The molecule has 6 rings (SSSR count). The molecule has 2 aromatic carbocycles. The van der Waals surface area contributed by atoms with Gasteiger partial charge in [0.15, 0.2) is 0 Å². The van der Waals surface area contributed by atoms with E-state index in [0.717, 1.165) is 39.4 Å². The summed E-state index contributed by atoms with van der Waals surface area (Å²) in [6.45, 7) is 3.48. The lowest BCUT2D eigenvalue weighted by molar-refractivity contribution is -0.139. The Labute approximate surface area is 233 Å². The van der Waals surface area contributed by atoms with Gasteiger partial charge in [0.2, 0.25) is 21.8 Å². The lowest BCUT2D eigenvalue weighted by atomic mass is 9.48. The summed E-state index contributed by atoms with van der Waals surface area (Å²) in [4.78, 5) is 27.6. The minimum atomic E-state index is -3.75. The van der Waals surface area contributed by atoms with Gasteiger partial charge in [-0.2, -0.15) is 0 Å². The molecule has 210 valence electrons. The van der Waals surface area contributed by atoms with Crippen LogP contribution < -0.4 is 9.62 Å². The molecule has 7 nitrogen and oxygen atoms in total. The van der Waals surface area contributed by atoms with Crippen LogP contribution in [0.3, 0.4) is 0 Å². The number of likely N-dealkylation sites (N-methyl/N-ethyl adjacent to an activating group) is 1. The first-order valence-electron chi connectivity index (χ1n) is 14.1. The molecule has 4 aliphatic rings. The zero-order valence-electron chi connectivity index (χ0n) is 23.5. The highest BCUT2D eigenvalue weighted by atomic mass is 32.2. The zero-order valence-corrected chi connectivity index (χ0v) is 24.3. The van der Waals surface area contributed by atoms with Gasteiger partial charge in [0.1, 0.15) is 12.6 Å². The molecule has 0 unspecified atom stereocenters. The highest BCUT2D eigenvalue weighted by molar-refractivity contribution is 7.92. The van der Waals surface area contributed by atoms with Crippen molar-refractivity contribution in [3.63, 3.8) is 0 Å². The number of sulfonamides is 1. The normalized spacial score (nSPS) is 26.2. The van der Waals surface area contributed by atoms with E-state index in [-0.39, 0.29) is 24.4 Å². The highest BCUT2D eigenvalue weighted by Crippen LogP contribution is 2.60. The second-order valence-corrected chi connectivity index (χ2v) is 14.2. The molecule has 0 aromatic heterocycles. The molecule has 4 saturated carbocycles. The third-order valence-electron chi connectivity index (χ3n) is 9.37. The van der Waals surface area contributed by atoms with Crippen molar-refractivity contribution in [2.75, 3.05) is 24.2 Å². The van der Waals surface area contributed by atoms with Crippen LogP contribution in [0.15, 0.2) is 48.5 Å². The quantitative estimate of drug-likeness (QED) is 0.501. The van der Waals surface area contributed by atoms with E-state index in [1.165, 1.54) is 56.0 Å². The number of hydrogen-bond donors (Lipinski definition) is 1. The fourth-order valence-electron chi connectivity index (χ4n) is 7.74. The number of rotatable bonds is 9. The summed E-state index contributed by atoms with van der Waals surface area (Å²) in [5.41, 5.74) is 3.96. The minimum absolute atomic E-state index is 0.205. The molecule has 39 heavy (non-hydrogen) atoms. The van der Waals surface area contributed by atoms with Crippen molar-refractivity contribution in [2.24, 2.45) is 17.8 Å². The molecule has 0 saturated heterocycles. The van der Waals surface area contributed by atoms with Crippen LogP contribution in [-0.4, -0.2) is 51.0 Å². The third-order valence-corrected chi connectivity index (χ3v) is 10.5. The maximum Gasteiger partial charge on any atom is 0.244 e. The van der Waals surface area contributed by atoms with E-state index in [9.17, 15) is 18.0 Å². The van der Waals surface area contributed by atoms with E-state index in [1.54, 1.807) is 6.92 Å². The standard InChI is InChI=1S/C31H41N3O4S/c1-21-5-7-23(8-6-21)19-33(22(2)30(36)32-3)29(35)20-34(39(4,37)38)28-11-9-27(10-12-28)31-16-24-13-25(17-31)15-26(14-24)18-31/h5-12,22,24-26H,13-20H2,1-4H3,(H,32,36)/t22-,24?,25?,26?,31?/m0/s1. The van der Waals surface area contributed by atoms with Crippen LogP contribution in [0, 0.1) is 24.7 Å². The zero-order chi connectivity index (χ0) is 27.9. The summed E-state index contributed by atoms with van der Waals surface area (Å²) in [5.74, 6) is 1.73. The van der Waals surface area contributed by atoms with Crippen LogP contribution in [0.1, 0.15) is 62.1 Å². The maximum absolute atomic E-state index is 13.6. The molecule has 0 heterocycles. The minimum Gasteiger partial charge on any atom is -0.357 e. The SMILES string of the molecule is CNC(=O)[C@H](C)N(Cc1ccc(C)cc1)C(=O)CN(c1ccc(C23CC4CC(CC(C4)C2)C3)cc1)S(C)(=O)=O. The van der Waals surface area contributed by atoms with Crippen LogP contribution in [0.4, 0.5) is 5.69 Å². The van der Waals surface area contributed by atoms with Crippen molar-refractivity contribution in [3.05, 3.63) is 65.2 Å². The Bertz CT molecular complexity index is 1290. The third kappa shape index (κ3) is 5.72.